The molecule has 4 nitrogen and oxygen atoms in total. The first kappa shape index (κ1) is 10.4. The van der Waals surface area contributed by atoms with Gasteiger partial charge in [0.15, 0.2) is 11.5 Å². The lowest BCUT2D eigenvalue weighted by atomic mass is 9.59. The van der Waals surface area contributed by atoms with Gasteiger partial charge in [-0.3, -0.25) is 4.79 Å². The number of aliphatic carboxylic acids is 1. The van der Waals surface area contributed by atoms with Gasteiger partial charge in [-0.15, -0.1) is 0 Å². The smallest absolute Gasteiger partial charge is 0.314 e. The zero-order valence-electron chi connectivity index (χ0n) is 9.60. The molecule has 1 aromatic rings. The molecule has 0 aromatic heterocycles. The van der Waals surface area contributed by atoms with Crippen molar-refractivity contribution in [2.45, 2.75) is 25.2 Å². The fourth-order valence-electron chi connectivity index (χ4n) is 2.86. The van der Waals surface area contributed by atoms with E-state index in [1.165, 1.54) is 0 Å². The predicted molar refractivity (Wildman–Crippen MR) is 60.3 cm³/mol. The largest absolute Gasteiger partial charge is 0.481 e. The summed E-state index contributed by atoms with van der Waals surface area (Å²) in [4.78, 5) is 11.5. The van der Waals surface area contributed by atoms with Crippen LogP contribution in [0.5, 0.6) is 11.5 Å². The van der Waals surface area contributed by atoms with Crippen molar-refractivity contribution in [3.05, 3.63) is 23.8 Å². The zero-order chi connectivity index (χ0) is 12.0. The molecule has 90 valence electrons. The van der Waals surface area contributed by atoms with Crippen LogP contribution in [0, 0.1) is 5.92 Å². The van der Waals surface area contributed by atoms with Crippen LogP contribution in [0.2, 0.25) is 0 Å². The Bertz CT molecular complexity index is 474. The molecule has 0 spiro atoms. The lowest BCUT2D eigenvalue weighted by Gasteiger charge is -2.43. The Morgan fingerprint density at radius 1 is 1.35 bits per heavy atom. The van der Waals surface area contributed by atoms with Crippen LogP contribution in [0.1, 0.15) is 25.3 Å². The summed E-state index contributed by atoms with van der Waals surface area (Å²) in [6.45, 7) is 2.30. The summed E-state index contributed by atoms with van der Waals surface area (Å²) < 4.78 is 10.5. The van der Waals surface area contributed by atoms with Crippen LogP contribution >= 0.6 is 0 Å². The minimum atomic E-state index is -0.741. The standard InChI is InChI=1S/C13H14O4/c1-8-5-13(6-8,12(14)15)9-2-3-10-11(4-9)17-7-16-10/h2-4,8H,5-7H2,1H3,(H,14,15). The number of fused-ring (bicyclic) bond motifs is 1. The highest BCUT2D eigenvalue weighted by molar-refractivity contribution is 5.83. The molecule has 4 heteroatoms. The van der Waals surface area contributed by atoms with E-state index in [2.05, 4.69) is 6.92 Å². The van der Waals surface area contributed by atoms with Crippen molar-refractivity contribution in [2.24, 2.45) is 5.92 Å². The van der Waals surface area contributed by atoms with Crippen molar-refractivity contribution in [1.29, 1.82) is 0 Å². The number of benzene rings is 1. The van der Waals surface area contributed by atoms with E-state index in [9.17, 15) is 9.90 Å². The second kappa shape index (κ2) is 3.39. The predicted octanol–water partition coefficient (Wildman–Crippen LogP) is 2.17. The van der Waals surface area contributed by atoms with E-state index >= 15 is 0 Å². The molecule has 1 N–H and O–H groups in total. The number of carboxylic acids is 1. The first-order valence-corrected chi connectivity index (χ1v) is 5.75. The minimum absolute atomic E-state index is 0.218. The number of rotatable bonds is 2. The number of carboxylic acid groups (broad SMARTS) is 1. The molecule has 1 aliphatic heterocycles. The molecule has 1 saturated carbocycles. The van der Waals surface area contributed by atoms with E-state index in [-0.39, 0.29) is 6.79 Å². The first-order chi connectivity index (χ1) is 8.12. The maximum absolute atomic E-state index is 11.5. The minimum Gasteiger partial charge on any atom is -0.481 e. The van der Waals surface area contributed by atoms with Gasteiger partial charge in [-0.2, -0.15) is 0 Å². The molecule has 3 rings (SSSR count). The van der Waals surface area contributed by atoms with Crippen LogP contribution in [-0.4, -0.2) is 17.9 Å². The maximum atomic E-state index is 11.5. The number of hydrogen-bond acceptors (Lipinski definition) is 3. The molecule has 1 fully saturated rings. The summed E-state index contributed by atoms with van der Waals surface area (Å²) in [5, 5.41) is 9.43. The van der Waals surface area contributed by atoms with Gasteiger partial charge in [0.05, 0.1) is 5.41 Å². The van der Waals surface area contributed by atoms with Crippen LogP contribution in [0.3, 0.4) is 0 Å². The van der Waals surface area contributed by atoms with Crippen LogP contribution in [-0.2, 0) is 10.2 Å². The third-order valence-electron chi connectivity index (χ3n) is 3.73. The van der Waals surface area contributed by atoms with E-state index in [4.69, 9.17) is 9.47 Å². The summed E-state index contributed by atoms with van der Waals surface area (Å²) in [6, 6.07) is 5.45. The second-order valence-corrected chi connectivity index (χ2v) is 4.97. The highest BCUT2D eigenvalue weighted by atomic mass is 16.7. The molecule has 2 aliphatic rings. The summed E-state index contributed by atoms with van der Waals surface area (Å²) in [5.74, 6) is 1.08. The third kappa shape index (κ3) is 1.40. The zero-order valence-corrected chi connectivity index (χ0v) is 9.60. The molecule has 0 saturated heterocycles. The number of ether oxygens (including phenoxy) is 2. The quantitative estimate of drug-likeness (QED) is 0.852. The van der Waals surface area contributed by atoms with Crippen LogP contribution in [0.15, 0.2) is 18.2 Å². The van der Waals surface area contributed by atoms with Gasteiger partial charge in [-0.05, 0) is 36.5 Å². The Morgan fingerprint density at radius 3 is 2.71 bits per heavy atom. The van der Waals surface area contributed by atoms with Gasteiger partial charge >= 0.3 is 5.97 Å². The normalized spacial score (nSPS) is 29.8. The monoisotopic (exact) mass is 234 g/mol. The second-order valence-electron chi connectivity index (χ2n) is 4.97. The van der Waals surface area contributed by atoms with Crippen LogP contribution in [0.4, 0.5) is 0 Å². The van der Waals surface area contributed by atoms with Gasteiger partial charge in [0.25, 0.3) is 0 Å². The van der Waals surface area contributed by atoms with E-state index in [0.29, 0.717) is 30.3 Å². The van der Waals surface area contributed by atoms with E-state index in [1.54, 1.807) is 6.07 Å². The van der Waals surface area contributed by atoms with Crippen molar-refractivity contribution in [3.63, 3.8) is 0 Å². The Morgan fingerprint density at radius 2 is 2.06 bits per heavy atom. The lowest BCUT2D eigenvalue weighted by Crippen LogP contribution is -2.46. The Labute approximate surface area is 99.2 Å². The average Bonchev–Trinajstić information content (AvgIpc) is 2.70. The van der Waals surface area contributed by atoms with Gasteiger partial charge in [0.2, 0.25) is 6.79 Å². The van der Waals surface area contributed by atoms with E-state index < -0.39 is 11.4 Å². The van der Waals surface area contributed by atoms with Crippen molar-refractivity contribution in [3.8, 4) is 11.5 Å². The molecule has 0 unspecified atom stereocenters. The number of hydrogen-bond donors (Lipinski definition) is 1. The summed E-state index contributed by atoms with van der Waals surface area (Å²) in [5.41, 5.74) is 0.104. The molecule has 0 amide bonds. The van der Waals surface area contributed by atoms with Crippen molar-refractivity contribution in [2.75, 3.05) is 6.79 Å². The van der Waals surface area contributed by atoms with Crippen LogP contribution in [0.25, 0.3) is 0 Å². The topological polar surface area (TPSA) is 55.8 Å². The summed E-state index contributed by atoms with van der Waals surface area (Å²) >= 11 is 0. The SMILES string of the molecule is CC1CC(C(=O)O)(c2ccc3c(c2)OCO3)C1. The molecule has 0 bridgehead atoms. The number of carbonyl (C=O) groups is 1. The molecular formula is C13H14O4. The van der Waals surface area contributed by atoms with Gasteiger partial charge < -0.3 is 14.6 Å². The van der Waals surface area contributed by atoms with Gasteiger partial charge in [-0.25, -0.2) is 0 Å². The van der Waals surface area contributed by atoms with Crippen molar-refractivity contribution < 1.29 is 19.4 Å². The Kier molecular flexibility index (Phi) is 2.08. The van der Waals surface area contributed by atoms with Crippen molar-refractivity contribution >= 4 is 5.97 Å². The highest BCUT2D eigenvalue weighted by Gasteiger charge is 2.50. The highest BCUT2D eigenvalue weighted by Crippen LogP contribution is 2.49. The molecule has 0 radical (unpaired) electrons. The average molecular weight is 234 g/mol. The first-order valence-electron chi connectivity index (χ1n) is 5.75. The van der Waals surface area contributed by atoms with E-state index in [0.717, 1.165) is 5.56 Å². The molecular weight excluding hydrogens is 220 g/mol. The Hall–Kier alpha value is -1.71. The molecule has 1 aliphatic carbocycles. The van der Waals surface area contributed by atoms with Crippen LogP contribution < -0.4 is 9.47 Å². The molecule has 1 aromatic carbocycles. The molecule has 1 heterocycles. The summed E-state index contributed by atoms with van der Waals surface area (Å²) in [7, 11) is 0. The fraction of sp³-hybridized carbons (Fsp3) is 0.462. The van der Waals surface area contributed by atoms with Gasteiger partial charge in [-0.1, -0.05) is 13.0 Å². The molecule has 0 atom stereocenters. The molecule has 17 heavy (non-hydrogen) atoms. The van der Waals surface area contributed by atoms with E-state index in [1.807, 2.05) is 12.1 Å². The van der Waals surface area contributed by atoms with Crippen molar-refractivity contribution in [1.82, 2.24) is 0 Å². The third-order valence-corrected chi connectivity index (χ3v) is 3.73. The fourth-order valence-corrected chi connectivity index (χ4v) is 2.86. The van der Waals surface area contributed by atoms with Gasteiger partial charge in [0, 0.05) is 0 Å². The Balaban J connectivity index is 2.00. The summed E-state index contributed by atoms with van der Waals surface area (Å²) in [6.07, 6.45) is 1.39. The maximum Gasteiger partial charge on any atom is 0.314 e. The van der Waals surface area contributed by atoms with Gasteiger partial charge in [0.1, 0.15) is 0 Å². The lowest BCUT2D eigenvalue weighted by molar-refractivity contribution is -0.149.